The van der Waals surface area contributed by atoms with Gasteiger partial charge in [-0.3, -0.25) is 4.98 Å². The van der Waals surface area contributed by atoms with Crippen LogP contribution >= 0.6 is 0 Å². The predicted molar refractivity (Wildman–Crippen MR) is 91.9 cm³/mol. The van der Waals surface area contributed by atoms with Crippen molar-refractivity contribution in [2.24, 2.45) is 0 Å². The number of aromatic nitrogens is 3. The highest BCUT2D eigenvalue weighted by atomic mass is 15.0. The second-order valence-corrected chi connectivity index (χ2v) is 5.65. The molecule has 0 saturated heterocycles. The van der Waals surface area contributed by atoms with Crippen LogP contribution in [0.1, 0.15) is 51.1 Å². The highest BCUT2D eigenvalue weighted by molar-refractivity contribution is 5.56. The van der Waals surface area contributed by atoms with Crippen LogP contribution in [0.15, 0.2) is 30.6 Å². The topological polar surface area (TPSA) is 50.7 Å². The Kier molecular flexibility index (Phi) is 6.81. The minimum Gasteiger partial charge on any atom is -0.370 e. The third kappa shape index (κ3) is 5.43. The van der Waals surface area contributed by atoms with Crippen molar-refractivity contribution in [2.45, 2.75) is 52.4 Å². The highest BCUT2D eigenvalue weighted by Crippen LogP contribution is 2.16. The molecular formula is C18H26N4. The van der Waals surface area contributed by atoms with Gasteiger partial charge in [0.15, 0.2) is 5.82 Å². The Hall–Kier alpha value is -1.97. The number of aryl methyl sites for hydroxylation is 1. The van der Waals surface area contributed by atoms with Gasteiger partial charge in [-0.2, -0.15) is 0 Å². The van der Waals surface area contributed by atoms with Gasteiger partial charge in [0.2, 0.25) is 0 Å². The lowest BCUT2D eigenvalue weighted by atomic mass is 10.1. The van der Waals surface area contributed by atoms with Crippen molar-refractivity contribution < 1.29 is 0 Å². The normalized spacial score (nSPS) is 10.6. The molecular weight excluding hydrogens is 272 g/mol. The van der Waals surface area contributed by atoms with E-state index in [0.717, 1.165) is 29.4 Å². The van der Waals surface area contributed by atoms with Gasteiger partial charge in [-0.05, 0) is 25.5 Å². The van der Waals surface area contributed by atoms with Gasteiger partial charge in [0.1, 0.15) is 5.82 Å². The molecule has 0 aromatic carbocycles. The van der Waals surface area contributed by atoms with E-state index >= 15 is 0 Å². The molecule has 22 heavy (non-hydrogen) atoms. The van der Waals surface area contributed by atoms with Gasteiger partial charge in [0.25, 0.3) is 0 Å². The molecule has 0 aliphatic carbocycles. The fraction of sp³-hybridized carbons (Fsp3) is 0.500. The molecule has 2 rings (SSSR count). The van der Waals surface area contributed by atoms with Crippen LogP contribution in [0.4, 0.5) is 5.82 Å². The average molecular weight is 298 g/mol. The van der Waals surface area contributed by atoms with Crippen molar-refractivity contribution in [3.8, 4) is 11.4 Å². The molecule has 2 aromatic heterocycles. The molecule has 2 aromatic rings. The number of hydrogen-bond acceptors (Lipinski definition) is 4. The van der Waals surface area contributed by atoms with E-state index < -0.39 is 0 Å². The van der Waals surface area contributed by atoms with Crippen molar-refractivity contribution in [3.05, 3.63) is 36.3 Å². The smallest absolute Gasteiger partial charge is 0.163 e. The molecule has 0 amide bonds. The Labute approximate surface area is 133 Å². The van der Waals surface area contributed by atoms with Crippen molar-refractivity contribution in [1.82, 2.24) is 15.0 Å². The fourth-order valence-corrected chi connectivity index (χ4v) is 2.41. The van der Waals surface area contributed by atoms with Crippen molar-refractivity contribution in [3.63, 3.8) is 0 Å². The number of nitrogens with one attached hydrogen (secondary N) is 1. The minimum atomic E-state index is 0.735. The van der Waals surface area contributed by atoms with Gasteiger partial charge in [0.05, 0.1) is 0 Å². The maximum absolute atomic E-state index is 4.59. The Bertz CT molecular complexity index is 554. The van der Waals surface area contributed by atoms with Crippen LogP contribution in [0.3, 0.4) is 0 Å². The zero-order valence-corrected chi connectivity index (χ0v) is 13.7. The largest absolute Gasteiger partial charge is 0.370 e. The molecule has 0 unspecified atom stereocenters. The first-order chi connectivity index (χ1) is 10.8. The van der Waals surface area contributed by atoms with E-state index in [0.29, 0.717) is 0 Å². The lowest BCUT2D eigenvalue weighted by Crippen LogP contribution is -2.05. The number of unbranched alkanes of at least 4 members (excludes halogenated alkanes) is 5. The van der Waals surface area contributed by atoms with Gasteiger partial charge >= 0.3 is 0 Å². The second-order valence-electron chi connectivity index (χ2n) is 5.65. The second kappa shape index (κ2) is 9.13. The number of hydrogen-bond donors (Lipinski definition) is 1. The molecule has 0 spiro atoms. The van der Waals surface area contributed by atoms with Gasteiger partial charge < -0.3 is 5.32 Å². The summed E-state index contributed by atoms with van der Waals surface area (Å²) in [7, 11) is 0. The highest BCUT2D eigenvalue weighted by Gasteiger charge is 2.04. The lowest BCUT2D eigenvalue weighted by molar-refractivity contribution is 0.617. The maximum atomic E-state index is 4.59. The van der Waals surface area contributed by atoms with E-state index in [9.17, 15) is 0 Å². The summed E-state index contributed by atoms with van der Waals surface area (Å²) in [6.07, 6.45) is 11.4. The quantitative estimate of drug-likeness (QED) is 0.686. The zero-order chi connectivity index (χ0) is 15.6. The van der Waals surface area contributed by atoms with E-state index in [1.54, 1.807) is 12.4 Å². The monoisotopic (exact) mass is 298 g/mol. The van der Waals surface area contributed by atoms with Gasteiger partial charge in [-0.1, -0.05) is 39.0 Å². The predicted octanol–water partition coefficient (Wildman–Crippen LogP) is 4.62. The molecule has 0 atom stereocenters. The first-order valence-corrected chi connectivity index (χ1v) is 8.29. The van der Waals surface area contributed by atoms with Crippen LogP contribution in [0.5, 0.6) is 0 Å². The molecule has 0 saturated carbocycles. The van der Waals surface area contributed by atoms with Crippen LogP contribution in [0.25, 0.3) is 11.4 Å². The lowest BCUT2D eigenvalue weighted by Gasteiger charge is -2.08. The molecule has 4 nitrogen and oxygen atoms in total. The van der Waals surface area contributed by atoms with E-state index in [1.807, 2.05) is 25.1 Å². The molecule has 0 bridgehead atoms. The third-order valence-electron chi connectivity index (χ3n) is 3.61. The van der Waals surface area contributed by atoms with Crippen molar-refractivity contribution >= 4 is 5.82 Å². The number of rotatable bonds is 9. The molecule has 4 heteroatoms. The molecule has 0 radical (unpaired) electrons. The Morgan fingerprint density at radius 2 is 1.86 bits per heavy atom. The average Bonchev–Trinajstić information content (AvgIpc) is 2.54. The van der Waals surface area contributed by atoms with Crippen LogP contribution in [0.2, 0.25) is 0 Å². The summed E-state index contributed by atoms with van der Waals surface area (Å²) < 4.78 is 0. The van der Waals surface area contributed by atoms with Crippen molar-refractivity contribution in [2.75, 3.05) is 11.9 Å². The van der Waals surface area contributed by atoms with Crippen molar-refractivity contribution in [1.29, 1.82) is 0 Å². The summed E-state index contributed by atoms with van der Waals surface area (Å²) in [4.78, 5) is 13.2. The molecule has 0 fully saturated rings. The van der Waals surface area contributed by atoms with Crippen LogP contribution in [-0.4, -0.2) is 21.5 Å². The summed E-state index contributed by atoms with van der Waals surface area (Å²) in [6.45, 7) is 5.21. The minimum absolute atomic E-state index is 0.735. The Morgan fingerprint density at radius 1 is 1.05 bits per heavy atom. The van der Waals surface area contributed by atoms with Crippen LogP contribution in [0, 0.1) is 6.92 Å². The van der Waals surface area contributed by atoms with E-state index in [2.05, 4.69) is 27.2 Å². The fourth-order valence-electron chi connectivity index (χ4n) is 2.41. The number of pyridine rings is 1. The number of anilines is 1. The standard InChI is InChI=1S/C18H26N4/c1-3-4-5-6-7-8-12-20-17-13-15(2)21-18(22-17)16-10-9-11-19-14-16/h9-11,13-14H,3-8,12H2,1-2H3,(H,20,21,22). The summed E-state index contributed by atoms with van der Waals surface area (Å²) >= 11 is 0. The first-order valence-electron chi connectivity index (χ1n) is 8.29. The molecule has 0 aliphatic heterocycles. The van der Waals surface area contributed by atoms with Crippen LogP contribution in [-0.2, 0) is 0 Å². The van der Waals surface area contributed by atoms with Crippen LogP contribution < -0.4 is 5.32 Å². The molecule has 0 aliphatic rings. The summed E-state index contributed by atoms with van der Waals surface area (Å²) in [5.41, 5.74) is 1.92. The molecule has 1 N–H and O–H groups in total. The summed E-state index contributed by atoms with van der Waals surface area (Å²) in [5.74, 6) is 1.64. The Balaban J connectivity index is 1.85. The third-order valence-corrected chi connectivity index (χ3v) is 3.61. The molecule has 2 heterocycles. The van der Waals surface area contributed by atoms with Gasteiger partial charge in [-0.15, -0.1) is 0 Å². The first kappa shape index (κ1) is 16.4. The summed E-state index contributed by atoms with van der Waals surface area (Å²) in [6, 6.07) is 5.89. The van der Waals surface area contributed by atoms with E-state index in [1.165, 1.54) is 38.5 Å². The Morgan fingerprint density at radius 3 is 2.64 bits per heavy atom. The number of nitrogens with zero attached hydrogens (tertiary/aromatic N) is 3. The SMILES string of the molecule is CCCCCCCCNc1cc(C)nc(-c2cccnc2)n1. The summed E-state index contributed by atoms with van der Waals surface area (Å²) in [5, 5.41) is 3.42. The van der Waals surface area contributed by atoms with E-state index in [4.69, 9.17) is 0 Å². The molecule has 118 valence electrons. The zero-order valence-electron chi connectivity index (χ0n) is 13.7. The van der Waals surface area contributed by atoms with Gasteiger partial charge in [-0.25, -0.2) is 9.97 Å². The van der Waals surface area contributed by atoms with E-state index in [-0.39, 0.29) is 0 Å². The maximum Gasteiger partial charge on any atom is 0.163 e. The van der Waals surface area contributed by atoms with Gasteiger partial charge in [0, 0.05) is 36.3 Å².